The van der Waals surface area contributed by atoms with E-state index in [2.05, 4.69) is 18.8 Å². The van der Waals surface area contributed by atoms with Gasteiger partial charge in [0.2, 0.25) is 11.8 Å². The van der Waals surface area contributed by atoms with Crippen LogP contribution in [-0.4, -0.2) is 63.2 Å². The van der Waals surface area contributed by atoms with E-state index in [0.29, 0.717) is 38.4 Å². The molecule has 0 saturated carbocycles. The lowest BCUT2D eigenvalue weighted by atomic mass is 10.0. The molecule has 3 aromatic rings. The van der Waals surface area contributed by atoms with Crippen molar-refractivity contribution in [3.8, 4) is 17.0 Å². The van der Waals surface area contributed by atoms with Crippen LogP contribution in [-0.2, 0) is 9.59 Å². The first-order chi connectivity index (χ1) is 19.3. The molecule has 2 aromatic carbocycles. The summed E-state index contributed by atoms with van der Waals surface area (Å²) < 4.78 is 7.19. The lowest BCUT2D eigenvalue weighted by molar-refractivity contribution is -0.136. The highest BCUT2D eigenvalue weighted by Gasteiger charge is 2.42. The van der Waals surface area contributed by atoms with E-state index in [4.69, 9.17) is 4.74 Å². The van der Waals surface area contributed by atoms with Gasteiger partial charge in [0, 0.05) is 39.7 Å². The highest BCUT2D eigenvalue weighted by Crippen LogP contribution is 2.45. The molecular weight excluding hydrogens is 524 g/mol. The van der Waals surface area contributed by atoms with Crippen molar-refractivity contribution in [2.24, 2.45) is 5.92 Å². The van der Waals surface area contributed by atoms with Gasteiger partial charge >= 0.3 is 5.69 Å². The first-order valence-corrected chi connectivity index (χ1v) is 15.0. The minimum absolute atomic E-state index is 0. The van der Waals surface area contributed by atoms with Gasteiger partial charge < -0.3 is 19.5 Å². The summed E-state index contributed by atoms with van der Waals surface area (Å²) in [7, 11) is 1.64. The van der Waals surface area contributed by atoms with Crippen molar-refractivity contribution in [1.29, 1.82) is 0 Å². The predicted octanol–water partition coefficient (Wildman–Crippen LogP) is 5.34. The van der Waals surface area contributed by atoms with Gasteiger partial charge in [-0.05, 0) is 48.4 Å². The van der Waals surface area contributed by atoms with Crippen LogP contribution in [0.2, 0.25) is 0 Å². The number of ether oxygens (including phenoxy) is 1. The maximum Gasteiger partial charge on any atom is 0.326 e. The average molecular weight is 565 g/mol. The van der Waals surface area contributed by atoms with E-state index >= 15 is 0 Å². The van der Waals surface area contributed by atoms with Gasteiger partial charge in [-0.3, -0.25) is 14.2 Å². The number of nitrogens with zero attached hydrogens (tertiary/aromatic N) is 3. The van der Waals surface area contributed by atoms with Crippen LogP contribution in [0.25, 0.3) is 11.3 Å². The number of H-pyrrole nitrogens is 1. The fraction of sp³-hybridized carbons (Fsp3) is 0.452. The van der Waals surface area contributed by atoms with Crippen LogP contribution in [0.5, 0.6) is 5.75 Å². The van der Waals surface area contributed by atoms with Crippen molar-refractivity contribution < 1.29 is 15.8 Å². The smallest absolute Gasteiger partial charge is 0.326 e. The van der Waals surface area contributed by atoms with Gasteiger partial charge in [0.25, 0.3) is 0 Å². The summed E-state index contributed by atoms with van der Waals surface area (Å²) in [6.07, 6.45) is 4.39. The number of carbonyl (C=O) groups excluding carboxylic acids is 2. The average Bonchev–Trinajstić information content (AvgIpc) is 3.51. The maximum atomic E-state index is 13.5. The zero-order chi connectivity index (χ0) is 28.2. The Labute approximate surface area is 241 Å². The molecule has 2 aliphatic heterocycles. The number of likely N-dealkylation sites (tertiary alicyclic amines) is 1. The van der Waals surface area contributed by atoms with E-state index in [1.807, 2.05) is 70.6 Å². The second-order valence-corrected chi connectivity index (χ2v) is 12.3. The monoisotopic (exact) mass is 564 g/mol. The Morgan fingerprint density at radius 1 is 1.10 bits per heavy atom. The standard InChI is InChI=1S/C31H38N4O4S.H2/c1-21(2)12-17-34-29(37)27(40-30(34)23-10-7-11-25(18-23)39-3)19-28(36)33-15-13-24(14-16-33)35-20-26(32-31(35)38)22-8-5-4-6-9-22;/h4-11,18,20-21,24,27,30H,12-17,19H2,1-3H3,(H,32,38);1H. The highest BCUT2D eigenvalue weighted by atomic mass is 32.2. The number of benzene rings is 2. The van der Waals surface area contributed by atoms with Crippen molar-refractivity contribution in [2.75, 3.05) is 26.7 Å². The number of amides is 2. The number of imidazole rings is 1. The number of thioether (sulfide) groups is 1. The number of hydrogen-bond acceptors (Lipinski definition) is 5. The minimum atomic E-state index is -0.408. The zero-order valence-electron chi connectivity index (χ0n) is 23.4. The Bertz CT molecular complexity index is 1380. The predicted molar refractivity (Wildman–Crippen MR) is 160 cm³/mol. The molecule has 8 nitrogen and oxygen atoms in total. The molecule has 2 amide bonds. The van der Waals surface area contributed by atoms with Gasteiger partial charge in [-0.2, -0.15) is 0 Å². The summed E-state index contributed by atoms with van der Waals surface area (Å²) in [6.45, 7) is 6.12. The fourth-order valence-electron chi connectivity index (χ4n) is 5.53. The summed E-state index contributed by atoms with van der Waals surface area (Å²) in [5.41, 5.74) is 2.67. The lowest BCUT2D eigenvalue weighted by Gasteiger charge is -2.32. The second kappa shape index (κ2) is 12.4. The number of methoxy groups -OCH3 is 1. The van der Waals surface area contributed by atoms with Crippen molar-refractivity contribution in [3.63, 3.8) is 0 Å². The first-order valence-electron chi connectivity index (χ1n) is 14.1. The van der Waals surface area contributed by atoms with Crippen LogP contribution in [0, 0.1) is 5.92 Å². The quantitative estimate of drug-likeness (QED) is 0.379. The number of aromatic nitrogens is 2. The molecule has 2 aliphatic rings. The van der Waals surface area contributed by atoms with Crippen LogP contribution in [0.4, 0.5) is 0 Å². The van der Waals surface area contributed by atoms with Crippen molar-refractivity contribution in [2.45, 2.75) is 56.2 Å². The fourth-order valence-corrected chi connectivity index (χ4v) is 6.99. The van der Waals surface area contributed by atoms with E-state index in [9.17, 15) is 14.4 Å². The summed E-state index contributed by atoms with van der Waals surface area (Å²) in [5.74, 6) is 1.27. The Morgan fingerprint density at radius 3 is 2.55 bits per heavy atom. The van der Waals surface area contributed by atoms with E-state index in [-0.39, 0.29) is 36.8 Å². The molecule has 0 radical (unpaired) electrons. The number of rotatable bonds is 9. The van der Waals surface area contributed by atoms with Gasteiger partial charge in [0.1, 0.15) is 11.1 Å². The van der Waals surface area contributed by atoms with Crippen molar-refractivity contribution in [3.05, 3.63) is 76.8 Å². The molecule has 1 N–H and O–H groups in total. The number of aromatic amines is 1. The number of carbonyl (C=O) groups is 2. The van der Waals surface area contributed by atoms with Gasteiger partial charge in [-0.15, -0.1) is 11.8 Å². The first kappa shape index (κ1) is 28.1. The molecule has 0 spiro atoms. The molecule has 2 atom stereocenters. The number of piperidine rings is 1. The molecule has 40 heavy (non-hydrogen) atoms. The van der Waals surface area contributed by atoms with Crippen LogP contribution < -0.4 is 10.4 Å². The minimum Gasteiger partial charge on any atom is -0.497 e. The normalized spacial score (nSPS) is 19.9. The number of hydrogen-bond donors (Lipinski definition) is 1. The third kappa shape index (κ3) is 6.14. The topological polar surface area (TPSA) is 87.6 Å². The highest BCUT2D eigenvalue weighted by molar-refractivity contribution is 8.01. The Balaban J connectivity index is 0.00000387. The molecule has 5 rings (SSSR count). The van der Waals surface area contributed by atoms with E-state index < -0.39 is 5.25 Å². The summed E-state index contributed by atoms with van der Waals surface area (Å²) in [5, 5.41) is -0.543. The van der Waals surface area contributed by atoms with Crippen LogP contribution >= 0.6 is 11.8 Å². The molecule has 9 heteroatoms. The van der Waals surface area contributed by atoms with Gasteiger partial charge in [-0.25, -0.2) is 4.79 Å². The van der Waals surface area contributed by atoms with Crippen LogP contribution in [0.3, 0.4) is 0 Å². The number of nitrogens with one attached hydrogen (secondary N) is 1. The lowest BCUT2D eigenvalue weighted by Crippen LogP contribution is -2.42. The summed E-state index contributed by atoms with van der Waals surface area (Å²) in [4.78, 5) is 46.3. The Hall–Kier alpha value is -3.46. The molecule has 0 bridgehead atoms. The van der Waals surface area contributed by atoms with Crippen molar-refractivity contribution >= 4 is 23.6 Å². The largest absolute Gasteiger partial charge is 0.497 e. The van der Waals surface area contributed by atoms with Gasteiger partial charge in [-0.1, -0.05) is 56.3 Å². The Morgan fingerprint density at radius 2 is 1.85 bits per heavy atom. The van der Waals surface area contributed by atoms with Crippen molar-refractivity contribution in [1.82, 2.24) is 19.4 Å². The molecule has 3 heterocycles. The van der Waals surface area contributed by atoms with E-state index in [0.717, 1.165) is 29.0 Å². The molecule has 0 aliphatic carbocycles. The molecule has 2 fully saturated rings. The molecular formula is C31H40N4O4S. The third-order valence-corrected chi connectivity index (χ3v) is 9.34. The second-order valence-electron chi connectivity index (χ2n) is 11.0. The third-order valence-electron chi connectivity index (χ3n) is 7.86. The summed E-state index contributed by atoms with van der Waals surface area (Å²) in [6, 6.07) is 17.7. The van der Waals surface area contributed by atoms with Gasteiger partial charge in [0.05, 0.1) is 18.1 Å². The van der Waals surface area contributed by atoms with Gasteiger partial charge in [0.15, 0.2) is 0 Å². The SMILES string of the molecule is COc1cccc(C2SC(CC(=O)N3CCC(n4cc(-c5ccccc5)[nH]c4=O)CC3)C(=O)N2CCC(C)C)c1.[HH]. The molecule has 2 unspecified atom stereocenters. The van der Waals surface area contributed by atoms with Crippen LogP contribution in [0.15, 0.2) is 65.6 Å². The molecule has 214 valence electrons. The molecule has 1 aromatic heterocycles. The van der Waals surface area contributed by atoms with Crippen LogP contribution in [0.1, 0.15) is 57.9 Å². The Kier molecular flexibility index (Phi) is 8.69. The van der Waals surface area contributed by atoms with E-state index in [1.165, 1.54) is 0 Å². The summed E-state index contributed by atoms with van der Waals surface area (Å²) >= 11 is 1.57. The zero-order valence-corrected chi connectivity index (χ0v) is 24.2. The molecule has 2 saturated heterocycles. The maximum absolute atomic E-state index is 13.5. The van der Waals surface area contributed by atoms with E-state index in [1.54, 1.807) is 23.4 Å².